The van der Waals surface area contributed by atoms with Gasteiger partial charge < -0.3 is 21.5 Å². The molecule has 0 aromatic carbocycles. The number of carbonyl (C=O) groups is 3. The number of nitrogens with two attached hydrogens (primary N) is 1. The van der Waals surface area contributed by atoms with E-state index in [2.05, 4.69) is 23.3 Å². The number of nitrogens with one attached hydrogen (secondary N) is 2. The van der Waals surface area contributed by atoms with Crippen molar-refractivity contribution in [3.63, 3.8) is 0 Å². The highest BCUT2D eigenvalue weighted by Gasteiger charge is 2.19. The maximum Gasteiger partial charge on any atom is 0.327 e. The number of hydrogen-bond donors (Lipinski definition) is 5. The van der Waals surface area contributed by atoms with Crippen molar-refractivity contribution in [2.45, 2.75) is 18.5 Å². The molecular formula is C10H19N3O4S2. The molecule has 0 aromatic heterocycles. The predicted molar refractivity (Wildman–Crippen MR) is 77.4 cm³/mol. The summed E-state index contributed by atoms with van der Waals surface area (Å²) in [6.45, 7) is -0.302. The molecule has 0 aliphatic heterocycles. The van der Waals surface area contributed by atoms with Crippen molar-refractivity contribution in [1.29, 1.82) is 0 Å². The van der Waals surface area contributed by atoms with Crippen molar-refractivity contribution in [2.24, 2.45) is 5.73 Å². The van der Waals surface area contributed by atoms with Gasteiger partial charge in [-0.1, -0.05) is 0 Å². The first kappa shape index (κ1) is 18.1. The Morgan fingerprint density at radius 1 is 1.42 bits per heavy atom. The lowest BCUT2D eigenvalue weighted by atomic mass is 10.2. The van der Waals surface area contributed by atoms with Crippen LogP contribution in [0, 0.1) is 0 Å². The van der Waals surface area contributed by atoms with Crippen molar-refractivity contribution in [2.75, 3.05) is 24.3 Å². The molecule has 0 aliphatic carbocycles. The van der Waals surface area contributed by atoms with Crippen molar-refractivity contribution in [3.8, 4) is 0 Å². The number of carboxylic acids is 1. The maximum atomic E-state index is 11.5. The number of carbonyl (C=O) groups excluding carboxylic acids is 2. The minimum Gasteiger partial charge on any atom is -0.480 e. The lowest BCUT2D eigenvalue weighted by Gasteiger charge is -2.14. The number of aliphatic carboxylic acids is 1. The summed E-state index contributed by atoms with van der Waals surface area (Å²) in [6.07, 6.45) is 2.42. The summed E-state index contributed by atoms with van der Waals surface area (Å²) in [7, 11) is 0. The molecule has 2 unspecified atom stereocenters. The average molecular weight is 309 g/mol. The van der Waals surface area contributed by atoms with Crippen LogP contribution >= 0.6 is 24.4 Å². The van der Waals surface area contributed by atoms with Crippen molar-refractivity contribution in [1.82, 2.24) is 10.6 Å². The van der Waals surface area contributed by atoms with Gasteiger partial charge in [0.05, 0.1) is 12.6 Å². The summed E-state index contributed by atoms with van der Waals surface area (Å²) in [5, 5.41) is 13.3. The van der Waals surface area contributed by atoms with Gasteiger partial charge in [0.1, 0.15) is 6.04 Å². The second kappa shape index (κ2) is 9.93. The molecular weight excluding hydrogens is 290 g/mol. The van der Waals surface area contributed by atoms with Crippen LogP contribution in [0.3, 0.4) is 0 Å². The number of thioether (sulfide) groups is 1. The molecule has 0 rings (SSSR count). The quantitative estimate of drug-likeness (QED) is 0.337. The van der Waals surface area contributed by atoms with Crippen LogP contribution in [0.4, 0.5) is 0 Å². The Bertz CT molecular complexity index is 328. The molecule has 2 amide bonds. The Labute approximate surface area is 121 Å². The van der Waals surface area contributed by atoms with Gasteiger partial charge in [-0.05, 0) is 18.4 Å². The number of carboxylic acid groups (broad SMARTS) is 1. The third-order valence-corrected chi connectivity index (χ3v) is 3.22. The molecule has 0 fully saturated rings. The first-order valence-electron chi connectivity index (χ1n) is 5.57. The SMILES string of the molecule is CSCCC(N)C(=O)NCC(=O)NC(CS)C(=O)O. The number of amides is 2. The van der Waals surface area contributed by atoms with Gasteiger partial charge in [-0.25, -0.2) is 4.79 Å². The second-order valence-electron chi connectivity index (χ2n) is 3.75. The van der Waals surface area contributed by atoms with Crippen LogP contribution < -0.4 is 16.4 Å². The van der Waals surface area contributed by atoms with E-state index in [0.29, 0.717) is 6.42 Å². The summed E-state index contributed by atoms with van der Waals surface area (Å²) in [5.41, 5.74) is 5.60. The topological polar surface area (TPSA) is 122 Å². The summed E-state index contributed by atoms with van der Waals surface area (Å²) < 4.78 is 0. The highest BCUT2D eigenvalue weighted by atomic mass is 32.2. The molecule has 0 saturated carbocycles. The van der Waals surface area contributed by atoms with Gasteiger partial charge in [-0.2, -0.15) is 24.4 Å². The normalized spacial score (nSPS) is 13.4. The van der Waals surface area contributed by atoms with Crippen molar-refractivity contribution < 1.29 is 19.5 Å². The zero-order valence-electron chi connectivity index (χ0n) is 10.6. The maximum absolute atomic E-state index is 11.5. The molecule has 0 heterocycles. The lowest BCUT2D eigenvalue weighted by molar-refractivity contribution is -0.141. The van der Waals surface area contributed by atoms with Crippen LogP contribution in [0.15, 0.2) is 0 Å². The molecule has 9 heteroatoms. The molecule has 110 valence electrons. The molecule has 7 nitrogen and oxygen atoms in total. The van der Waals surface area contributed by atoms with Crippen LogP contribution in [-0.4, -0.2) is 59.3 Å². The summed E-state index contributed by atoms with van der Waals surface area (Å²) in [5.74, 6) is -1.47. The van der Waals surface area contributed by atoms with E-state index in [4.69, 9.17) is 10.8 Å². The fraction of sp³-hybridized carbons (Fsp3) is 0.700. The largest absolute Gasteiger partial charge is 0.480 e. The van der Waals surface area contributed by atoms with Crippen LogP contribution in [0.25, 0.3) is 0 Å². The zero-order chi connectivity index (χ0) is 14.8. The van der Waals surface area contributed by atoms with Gasteiger partial charge in [0.25, 0.3) is 0 Å². The first-order chi connectivity index (χ1) is 8.92. The van der Waals surface area contributed by atoms with E-state index in [1.54, 1.807) is 11.8 Å². The van der Waals surface area contributed by atoms with Gasteiger partial charge in [0, 0.05) is 5.75 Å². The Morgan fingerprint density at radius 3 is 2.53 bits per heavy atom. The zero-order valence-corrected chi connectivity index (χ0v) is 12.3. The number of thiol groups is 1. The smallest absolute Gasteiger partial charge is 0.327 e. The monoisotopic (exact) mass is 309 g/mol. The molecule has 0 bridgehead atoms. The van der Waals surface area contributed by atoms with Crippen molar-refractivity contribution >= 4 is 42.2 Å². The van der Waals surface area contributed by atoms with E-state index in [9.17, 15) is 14.4 Å². The fourth-order valence-corrected chi connectivity index (χ4v) is 1.84. The van der Waals surface area contributed by atoms with Gasteiger partial charge in [0.2, 0.25) is 11.8 Å². The minimum atomic E-state index is -1.17. The molecule has 0 aromatic rings. The standard InChI is InChI=1S/C10H19N3O4S2/c1-19-3-2-6(11)9(15)12-4-8(14)13-7(5-18)10(16)17/h6-7,18H,2-5,11H2,1H3,(H,12,15)(H,13,14)(H,16,17). The molecule has 2 atom stereocenters. The van der Waals surface area contributed by atoms with Crippen LogP contribution in [0.2, 0.25) is 0 Å². The lowest BCUT2D eigenvalue weighted by Crippen LogP contribution is -2.49. The molecule has 5 N–H and O–H groups in total. The van der Waals surface area contributed by atoms with Crippen LogP contribution in [-0.2, 0) is 14.4 Å². The molecule has 19 heavy (non-hydrogen) atoms. The van der Waals surface area contributed by atoms with Gasteiger partial charge in [-0.15, -0.1) is 0 Å². The third kappa shape index (κ3) is 7.96. The van der Waals surface area contributed by atoms with E-state index in [-0.39, 0.29) is 12.3 Å². The van der Waals surface area contributed by atoms with Crippen LogP contribution in [0.5, 0.6) is 0 Å². The number of rotatable bonds is 9. The van der Waals surface area contributed by atoms with Gasteiger partial charge >= 0.3 is 5.97 Å². The van der Waals surface area contributed by atoms with Gasteiger partial charge in [0.15, 0.2) is 0 Å². The van der Waals surface area contributed by atoms with Gasteiger partial charge in [-0.3, -0.25) is 9.59 Å². The van der Waals surface area contributed by atoms with E-state index >= 15 is 0 Å². The molecule has 0 aliphatic rings. The Morgan fingerprint density at radius 2 is 2.05 bits per heavy atom. The summed E-state index contributed by atoms with van der Waals surface area (Å²) in [4.78, 5) is 33.5. The first-order valence-corrected chi connectivity index (χ1v) is 7.60. The Hall–Kier alpha value is -0.930. The number of hydrogen-bond acceptors (Lipinski definition) is 6. The highest BCUT2D eigenvalue weighted by molar-refractivity contribution is 7.98. The molecule has 0 saturated heterocycles. The van der Waals surface area contributed by atoms with Crippen LogP contribution in [0.1, 0.15) is 6.42 Å². The molecule has 0 spiro atoms. The fourth-order valence-electron chi connectivity index (χ4n) is 1.11. The van der Waals surface area contributed by atoms with E-state index in [1.165, 1.54) is 0 Å². The highest BCUT2D eigenvalue weighted by Crippen LogP contribution is 1.98. The molecule has 0 radical (unpaired) electrons. The minimum absolute atomic E-state index is 0.0255. The summed E-state index contributed by atoms with van der Waals surface area (Å²) >= 11 is 5.38. The van der Waals surface area contributed by atoms with E-state index < -0.39 is 29.9 Å². The third-order valence-electron chi connectivity index (χ3n) is 2.21. The second-order valence-corrected chi connectivity index (χ2v) is 5.10. The van der Waals surface area contributed by atoms with E-state index in [1.807, 2.05) is 6.26 Å². The van der Waals surface area contributed by atoms with E-state index in [0.717, 1.165) is 5.75 Å². The summed E-state index contributed by atoms with van der Waals surface area (Å²) in [6, 6.07) is -1.74. The Balaban J connectivity index is 4.01. The van der Waals surface area contributed by atoms with Crippen molar-refractivity contribution in [3.05, 3.63) is 0 Å². The average Bonchev–Trinajstić information content (AvgIpc) is 2.38. The Kier molecular flexibility index (Phi) is 9.44. The predicted octanol–water partition coefficient (Wildman–Crippen LogP) is -1.32.